The topological polar surface area (TPSA) is 58.2 Å². The van der Waals surface area contributed by atoms with E-state index in [4.69, 9.17) is 34.8 Å². The van der Waals surface area contributed by atoms with Crippen LogP contribution in [0, 0.1) is 5.41 Å². The van der Waals surface area contributed by atoms with Crippen LogP contribution in [0.25, 0.3) is 6.08 Å². The van der Waals surface area contributed by atoms with Crippen LogP contribution in [0.1, 0.15) is 26.3 Å². The van der Waals surface area contributed by atoms with E-state index in [1.165, 1.54) is 6.08 Å². The fourth-order valence-electron chi connectivity index (χ4n) is 2.01. The molecule has 0 heterocycles. The minimum atomic E-state index is -0.700. The van der Waals surface area contributed by atoms with E-state index >= 15 is 0 Å². The third-order valence-corrected chi connectivity index (χ3v) is 4.57. The van der Waals surface area contributed by atoms with Gasteiger partial charge in [0.2, 0.25) is 5.91 Å². The first-order chi connectivity index (χ1) is 12.6. The Kier molecular flexibility index (Phi) is 6.93. The van der Waals surface area contributed by atoms with Crippen molar-refractivity contribution in [3.63, 3.8) is 0 Å². The van der Waals surface area contributed by atoms with Gasteiger partial charge in [0, 0.05) is 21.0 Å². The summed E-state index contributed by atoms with van der Waals surface area (Å²) in [6, 6.07) is 11.8. The Morgan fingerprint density at radius 3 is 2.00 bits per heavy atom. The van der Waals surface area contributed by atoms with Gasteiger partial charge in [0.15, 0.2) is 0 Å². The summed E-state index contributed by atoms with van der Waals surface area (Å²) in [7, 11) is 0. The Hall–Kier alpha value is -2.01. The lowest BCUT2D eigenvalue weighted by atomic mass is 9.95. The molecule has 0 aliphatic carbocycles. The van der Waals surface area contributed by atoms with Crippen molar-refractivity contribution in [2.24, 2.45) is 5.41 Å². The number of para-hydroxylation sites is 1. The summed E-state index contributed by atoms with van der Waals surface area (Å²) in [5, 5.41) is 6.43. The van der Waals surface area contributed by atoms with Gasteiger partial charge in [-0.1, -0.05) is 73.8 Å². The fraction of sp³-hybridized carbons (Fsp3) is 0.200. The number of carbonyl (C=O) groups is 2. The maximum Gasteiger partial charge on any atom is 0.272 e. The molecule has 2 rings (SSSR count). The number of benzene rings is 2. The lowest BCUT2D eigenvalue weighted by molar-refractivity contribution is -0.128. The van der Waals surface area contributed by atoms with Crippen LogP contribution < -0.4 is 10.6 Å². The molecule has 0 aliphatic heterocycles. The number of anilines is 1. The van der Waals surface area contributed by atoms with Crippen molar-refractivity contribution in [3.05, 3.63) is 68.8 Å². The maximum absolute atomic E-state index is 12.8. The lowest BCUT2D eigenvalue weighted by Crippen LogP contribution is -2.38. The molecule has 0 saturated carbocycles. The highest BCUT2D eigenvalue weighted by Gasteiger charge is 2.24. The van der Waals surface area contributed by atoms with E-state index in [1.807, 2.05) is 0 Å². The van der Waals surface area contributed by atoms with E-state index < -0.39 is 11.3 Å². The standard InChI is InChI=1S/C20H19Cl3N2O2/c1-20(2,3)19(27)25-17(11-12-13(21)8-6-9-14(12)22)18(26)24-16-10-5-4-7-15(16)23/h4-11H,1-3H3,(H,24,26)(H,25,27)/b17-11+. The van der Waals surface area contributed by atoms with Crippen LogP contribution in [0.5, 0.6) is 0 Å². The van der Waals surface area contributed by atoms with Gasteiger partial charge in [0.1, 0.15) is 5.70 Å². The Morgan fingerprint density at radius 2 is 1.44 bits per heavy atom. The second-order valence-corrected chi connectivity index (χ2v) is 8.05. The van der Waals surface area contributed by atoms with Gasteiger partial charge >= 0.3 is 0 Å². The van der Waals surface area contributed by atoms with Crippen LogP contribution in [-0.2, 0) is 9.59 Å². The second kappa shape index (κ2) is 8.79. The van der Waals surface area contributed by atoms with E-state index in [0.717, 1.165) is 0 Å². The molecule has 0 aliphatic rings. The molecule has 4 nitrogen and oxygen atoms in total. The van der Waals surface area contributed by atoms with E-state index in [1.54, 1.807) is 63.2 Å². The molecule has 0 radical (unpaired) electrons. The van der Waals surface area contributed by atoms with Gasteiger partial charge < -0.3 is 10.6 Å². The normalized spacial score (nSPS) is 11.9. The highest BCUT2D eigenvalue weighted by atomic mass is 35.5. The molecule has 2 aromatic carbocycles. The van der Waals surface area contributed by atoms with Gasteiger partial charge in [-0.05, 0) is 30.3 Å². The van der Waals surface area contributed by atoms with E-state index in [2.05, 4.69) is 10.6 Å². The molecule has 27 heavy (non-hydrogen) atoms. The summed E-state index contributed by atoms with van der Waals surface area (Å²) < 4.78 is 0. The number of halogens is 3. The minimum absolute atomic E-state index is 0.00449. The number of hydrogen-bond donors (Lipinski definition) is 2. The fourth-order valence-corrected chi connectivity index (χ4v) is 2.70. The Bertz CT molecular complexity index is 882. The summed E-state index contributed by atoms with van der Waals surface area (Å²) in [5.41, 5.74) is 0.156. The van der Waals surface area contributed by atoms with Crippen molar-refractivity contribution in [3.8, 4) is 0 Å². The van der Waals surface area contributed by atoms with Gasteiger partial charge in [-0.3, -0.25) is 9.59 Å². The molecule has 7 heteroatoms. The van der Waals surface area contributed by atoms with E-state index in [9.17, 15) is 9.59 Å². The van der Waals surface area contributed by atoms with Crippen LogP contribution in [0.2, 0.25) is 15.1 Å². The number of carbonyl (C=O) groups excluding carboxylic acids is 2. The smallest absolute Gasteiger partial charge is 0.272 e. The molecule has 2 aromatic rings. The Balaban J connectivity index is 2.43. The Labute approximate surface area is 173 Å². The zero-order valence-electron chi connectivity index (χ0n) is 15.1. The van der Waals surface area contributed by atoms with Crippen LogP contribution in [0.4, 0.5) is 5.69 Å². The largest absolute Gasteiger partial charge is 0.321 e. The molecule has 0 aromatic heterocycles. The summed E-state index contributed by atoms with van der Waals surface area (Å²) in [6.45, 7) is 5.23. The Morgan fingerprint density at radius 1 is 0.889 bits per heavy atom. The number of amides is 2. The molecule has 0 spiro atoms. The molecule has 0 atom stereocenters. The number of hydrogen-bond acceptors (Lipinski definition) is 2. The first kappa shape index (κ1) is 21.3. The van der Waals surface area contributed by atoms with Crippen LogP contribution in [0.15, 0.2) is 48.2 Å². The third kappa shape index (κ3) is 5.73. The number of rotatable bonds is 4. The average molecular weight is 426 g/mol. The van der Waals surface area contributed by atoms with Crippen LogP contribution in [0.3, 0.4) is 0 Å². The minimum Gasteiger partial charge on any atom is -0.321 e. The van der Waals surface area contributed by atoms with Gasteiger partial charge in [-0.15, -0.1) is 0 Å². The maximum atomic E-state index is 12.8. The van der Waals surface area contributed by atoms with Crippen LogP contribution >= 0.6 is 34.8 Å². The highest BCUT2D eigenvalue weighted by molar-refractivity contribution is 6.37. The quantitative estimate of drug-likeness (QED) is 0.609. The predicted octanol–water partition coefficient (Wildman–Crippen LogP) is 5.79. The van der Waals surface area contributed by atoms with Crippen molar-refractivity contribution in [2.45, 2.75) is 20.8 Å². The monoisotopic (exact) mass is 424 g/mol. The molecular weight excluding hydrogens is 407 g/mol. The lowest BCUT2D eigenvalue weighted by Gasteiger charge is -2.19. The van der Waals surface area contributed by atoms with Gasteiger partial charge in [-0.25, -0.2) is 0 Å². The van der Waals surface area contributed by atoms with Gasteiger partial charge in [-0.2, -0.15) is 0 Å². The summed E-state index contributed by atoms with van der Waals surface area (Å²) in [6.07, 6.45) is 1.44. The van der Waals surface area contributed by atoms with Crippen molar-refractivity contribution in [2.75, 3.05) is 5.32 Å². The second-order valence-electron chi connectivity index (χ2n) is 6.83. The van der Waals surface area contributed by atoms with E-state index in [-0.39, 0.29) is 11.6 Å². The van der Waals surface area contributed by atoms with Crippen molar-refractivity contribution in [1.29, 1.82) is 0 Å². The SMILES string of the molecule is CC(C)(C)C(=O)N/C(=C/c1c(Cl)cccc1Cl)C(=O)Nc1ccccc1Cl. The van der Waals surface area contributed by atoms with Crippen LogP contribution in [-0.4, -0.2) is 11.8 Å². The van der Waals surface area contributed by atoms with Gasteiger partial charge in [0.05, 0.1) is 10.7 Å². The first-order valence-corrected chi connectivity index (χ1v) is 9.26. The zero-order chi connectivity index (χ0) is 20.2. The van der Waals surface area contributed by atoms with Gasteiger partial charge in [0.25, 0.3) is 5.91 Å². The molecular formula is C20H19Cl3N2O2. The van der Waals surface area contributed by atoms with E-state index in [0.29, 0.717) is 26.3 Å². The van der Waals surface area contributed by atoms with Crippen molar-refractivity contribution < 1.29 is 9.59 Å². The average Bonchev–Trinajstić information content (AvgIpc) is 2.58. The molecule has 0 bridgehead atoms. The highest BCUT2D eigenvalue weighted by Crippen LogP contribution is 2.27. The van der Waals surface area contributed by atoms with Crippen molar-refractivity contribution >= 4 is 58.4 Å². The summed E-state index contributed by atoms with van der Waals surface area (Å²) >= 11 is 18.5. The summed E-state index contributed by atoms with van der Waals surface area (Å²) in [4.78, 5) is 25.3. The summed E-state index contributed by atoms with van der Waals surface area (Å²) in [5.74, 6) is -0.872. The predicted molar refractivity (Wildman–Crippen MR) is 112 cm³/mol. The molecule has 142 valence electrons. The third-order valence-electron chi connectivity index (χ3n) is 3.58. The number of nitrogens with one attached hydrogen (secondary N) is 2. The molecule has 0 fully saturated rings. The van der Waals surface area contributed by atoms with Crippen molar-refractivity contribution in [1.82, 2.24) is 5.32 Å². The first-order valence-electron chi connectivity index (χ1n) is 8.12. The molecule has 0 unspecified atom stereocenters. The molecule has 0 saturated heterocycles. The molecule has 2 N–H and O–H groups in total. The zero-order valence-corrected chi connectivity index (χ0v) is 17.3. The molecule has 2 amide bonds.